The Bertz CT molecular complexity index is 1090. The molecule has 1 N–H and O–H groups in total. The van der Waals surface area contributed by atoms with Crippen LogP contribution in [0.15, 0.2) is 36.4 Å². The second-order valence-electron chi connectivity index (χ2n) is 8.99. The van der Waals surface area contributed by atoms with Crippen LogP contribution in [0.3, 0.4) is 0 Å². The predicted octanol–water partition coefficient (Wildman–Crippen LogP) is 2.90. The van der Waals surface area contributed by atoms with Gasteiger partial charge in [-0.15, -0.1) is 0 Å². The van der Waals surface area contributed by atoms with E-state index in [0.29, 0.717) is 56.5 Å². The third-order valence-corrected chi connectivity index (χ3v) is 6.76. The summed E-state index contributed by atoms with van der Waals surface area (Å²) in [6, 6.07) is 8.26. The van der Waals surface area contributed by atoms with Gasteiger partial charge in [-0.3, -0.25) is 14.5 Å². The summed E-state index contributed by atoms with van der Waals surface area (Å²) in [5.74, 6) is -0.930. The van der Waals surface area contributed by atoms with E-state index >= 15 is 0 Å². The monoisotopic (exact) mass is 471 g/mol. The minimum absolute atomic E-state index is 0.00754. The van der Waals surface area contributed by atoms with Crippen molar-refractivity contribution >= 4 is 17.5 Å². The van der Waals surface area contributed by atoms with Crippen LogP contribution in [0.4, 0.5) is 14.5 Å². The summed E-state index contributed by atoms with van der Waals surface area (Å²) in [5, 5.41) is 2.87. The van der Waals surface area contributed by atoms with Crippen LogP contribution in [-0.2, 0) is 14.3 Å². The van der Waals surface area contributed by atoms with Crippen LogP contribution in [0, 0.1) is 17.6 Å². The molecule has 180 valence electrons. The molecule has 0 aliphatic carbocycles. The lowest BCUT2D eigenvalue weighted by molar-refractivity contribution is -0.142. The number of anilines is 1. The fourth-order valence-electron chi connectivity index (χ4n) is 4.87. The topological polar surface area (TPSA) is 71.1 Å². The van der Waals surface area contributed by atoms with E-state index in [0.717, 1.165) is 18.9 Å². The first-order chi connectivity index (χ1) is 16.5. The van der Waals surface area contributed by atoms with E-state index in [-0.39, 0.29) is 35.9 Å². The molecule has 2 saturated heterocycles. The maximum atomic E-state index is 14.3. The summed E-state index contributed by atoms with van der Waals surface area (Å²) >= 11 is 0. The number of benzene rings is 2. The molecule has 5 rings (SSSR count). The van der Waals surface area contributed by atoms with Gasteiger partial charge in [0.2, 0.25) is 11.8 Å². The Labute approximate surface area is 196 Å². The number of hydrogen-bond acceptors (Lipinski definition) is 5. The molecule has 0 saturated carbocycles. The number of amides is 2. The molecule has 2 fully saturated rings. The Morgan fingerprint density at radius 3 is 2.68 bits per heavy atom. The third kappa shape index (κ3) is 4.76. The van der Waals surface area contributed by atoms with Gasteiger partial charge in [0.1, 0.15) is 24.0 Å². The summed E-state index contributed by atoms with van der Waals surface area (Å²) in [5.41, 5.74) is 1.17. The van der Waals surface area contributed by atoms with E-state index in [4.69, 9.17) is 9.47 Å². The zero-order valence-corrected chi connectivity index (χ0v) is 18.8. The SMILES string of the molecule is O=C1CN2CCN(C(=O)C3CCOCC3)C[C@@H]2COc2ccc(-c3ccc(F)cc3F)cc2N1. The second-order valence-corrected chi connectivity index (χ2v) is 8.99. The van der Waals surface area contributed by atoms with Crippen LogP contribution in [-0.4, -0.2) is 73.7 Å². The molecule has 3 aliphatic rings. The van der Waals surface area contributed by atoms with Crippen LogP contribution in [0.5, 0.6) is 5.75 Å². The van der Waals surface area contributed by atoms with Gasteiger partial charge in [-0.1, -0.05) is 6.07 Å². The van der Waals surface area contributed by atoms with Gasteiger partial charge in [-0.2, -0.15) is 0 Å². The third-order valence-electron chi connectivity index (χ3n) is 6.76. The average molecular weight is 472 g/mol. The van der Waals surface area contributed by atoms with Gasteiger partial charge >= 0.3 is 0 Å². The second kappa shape index (κ2) is 9.68. The molecule has 9 heteroatoms. The molecular weight excluding hydrogens is 444 g/mol. The van der Waals surface area contributed by atoms with E-state index in [1.165, 1.54) is 12.1 Å². The normalized spacial score (nSPS) is 21.9. The van der Waals surface area contributed by atoms with Crippen molar-refractivity contribution in [2.75, 3.05) is 51.3 Å². The number of fused-ring (bicyclic) bond motifs is 2. The van der Waals surface area contributed by atoms with Crippen LogP contribution in [0.2, 0.25) is 0 Å². The van der Waals surface area contributed by atoms with Crippen molar-refractivity contribution in [3.05, 3.63) is 48.0 Å². The average Bonchev–Trinajstić information content (AvgIpc) is 2.90. The maximum absolute atomic E-state index is 14.3. The van der Waals surface area contributed by atoms with E-state index in [1.807, 2.05) is 9.80 Å². The highest BCUT2D eigenvalue weighted by Crippen LogP contribution is 2.33. The number of halogens is 2. The molecule has 3 heterocycles. The Hall–Kier alpha value is -3.04. The molecule has 2 aromatic rings. The summed E-state index contributed by atoms with van der Waals surface area (Å²) in [6.45, 7) is 3.36. The van der Waals surface area contributed by atoms with Crippen molar-refractivity contribution in [1.29, 1.82) is 0 Å². The Kier molecular flexibility index (Phi) is 6.47. The van der Waals surface area contributed by atoms with Crippen LogP contribution >= 0.6 is 0 Å². The molecule has 2 aromatic carbocycles. The maximum Gasteiger partial charge on any atom is 0.238 e. The number of piperazine rings is 1. The molecule has 7 nitrogen and oxygen atoms in total. The number of carbonyl (C=O) groups is 2. The van der Waals surface area contributed by atoms with Crippen molar-refractivity contribution in [2.45, 2.75) is 18.9 Å². The van der Waals surface area contributed by atoms with Gasteiger partial charge in [0.25, 0.3) is 0 Å². The summed E-state index contributed by atoms with van der Waals surface area (Å²) < 4.78 is 39.0. The van der Waals surface area contributed by atoms with Crippen molar-refractivity contribution in [1.82, 2.24) is 9.80 Å². The number of nitrogens with zero attached hydrogens (tertiary/aromatic N) is 2. The molecule has 0 unspecified atom stereocenters. The molecule has 0 aromatic heterocycles. The quantitative estimate of drug-likeness (QED) is 0.730. The minimum Gasteiger partial charge on any atom is -0.490 e. The molecule has 3 aliphatic heterocycles. The van der Waals surface area contributed by atoms with E-state index < -0.39 is 11.6 Å². The van der Waals surface area contributed by atoms with Gasteiger partial charge in [0.05, 0.1) is 18.3 Å². The number of nitrogens with one attached hydrogen (secondary N) is 1. The van der Waals surface area contributed by atoms with Crippen molar-refractivity contribution < 1.29 is 27.8 Å². The van der Waals surface area contributed by atoms with Crippen LogP contribution < -0.4 is 10.1 Å². The molecule has 0 radical (unpaired) electrons. The van der Waals surface area contributed by atoms with Gasteiger partial charge in [-0.25, -0.2) is 8.78 Å². The molecule has 0 spiro atoms. The van der Waals surface area contributed by atoms with Crippen LogP contribution in [0.1, 0.15) is 12.8 Å². The van der Waals surface area contributed by atoms with E-state index in [1.54, 1.807) is 18.2 Å². The van der Waals surface area contributed by atoms with Crippen molar-refractivity contribution in [2.24, 2.45) is 5.92 Å². The molecule has 2 amide bonds. The standard InChI is InChI=1S/C25H27F2N3O4/c26-18-2-3-20(21(27)12-18)17-1-4-23-22(11-17)28-24(31)14-29-7-8-30(13-19(29)15-34-23)25(32)16-5-9-33-10-6-16/h1-4,11-12,16,19H,5-10,13-15H2,(H,28,31)/t19-/m1/s1. The summed E-state index contributed by atoms with van der Waals surface area (Å²) in [4.78, 5) is 29.7. The van der Waals surface area contributed by atoms with Gasteiger partial charge in [0.15, 0.2) is 0 Å². The highest BCUT2D eigenvalue weighted by Gasteiger charge is 2.35. The first-order valence-corrected chi connectivity index (χ1v) is 11.6. The number of carbonyl (C=O) groups excluding carboxylic acids is 2. The smallest absolute Gasteiger partial charge is 0.238 e. The lowest BCUT2D eigenvalue weighted by Gasteiger charge is -2.41. The number of hydrogen-bond donors (Lipinski definition) is 1. The predicted molar refractivity (Wildman–Crippen MR) is 121 cm³/mol. The molecule has 0 bridgehead atoms. The van der Waals surface area contributed by atoms with E-state index in [2.05, 4.69) is 5.32 Å². The number of ether oxygens (including phenoxy) is 2. The highest BCUT2D eigenvalue weighted by molar-refractivity contribution is 5.94. The molecule has 1 atom stereocenters. The lowest BCUT2D eigenvalue weighted by atomic mass is 9.97. The van der Waals surface area contributed by atoms with Crippen molar-refractivity contribution in [3.63, 3.8) is 0 Å². The van der Waals surface area contributed by atoms with E-state index in [9.17, 15) is 18.4 Å². The summed E-state index contributed by atoms with van der Waals surface area (Å²) in [6.07, 6.45) is 1.49. The zero-order valence-electron chi connectivity index (χ0n) is 18.8. The Morgan fingerprint density at radius 1 is 1.06 bits per heavy atom. The fraction of sp³-hybridized carbons (Fsp3) is 0.440. The van der Waals surface area contributed by atoms with Gasteiger partial charge in [0, 0.05) is 50.4 Å². The molecular formula is C25H27F2N3O4. The minimum atomic E-state index is -0.679. The van der Waals surface area contributed by atoms with Crippen LogP contribution in [0.25, 0.3) is 11.1 Å². The zero-order chi connectivity index (χ0) is 23.7. The highest BCUT2D eigenvalue weighted by atomic mass is 19.1. The first kappa shape index (κ1) is 22.7. The largest absolute Gasteiger partial charge is 0.490 e. The van der Waals surface area contributed by atoms with Crippen molar-refractivity contribution in [3.8, 4) is 16.9 Å². The Balaban J connectivity index is 1.34. The fourth-order valence-corrected chi connectivity index (χ4v) is 4.87. The first-order valence-electron chi connectivity index (χ1n) is 11.6. The Morgan fingerprint density at radius 2 is 1.88 bits per heavy atom. The molecule has 34 heavy (non-hydrogen) atoms. The lowest BCUT2D eigenvalue weighted by Crippen LogP contribution is -2.58. The number of rotatable bonds is 2. The van der Waals surface area contributed by atoms with Gasteiger partial charge < -0.3 is 19.7 Å². The summed E-state index contributed by atoms with van der Waals surface area (Å²) in [7, 11) is 0. The van der Waals surface area contributed by atoms with Gasteiger partial charge in [-0.05, 0) is 42.7 Å².